The molecule has 1 atom stereocenters. The van der Waals surface area contributed by atoms with Gasteiger partial charge in [0, 0.05) is 41.6 Å². The van der Waals surface area contributed by atoms with Crippen LogP contribution in [0.3, 0.4) is 0 Å². The first kappa shape index (κ1) is 27.4. The molecule has 0 bridgehead atoms. The number of anilines is 3. The van der Waals surface area contributed by atoms with E-state index in [2.05, 4.69) is 30.6 Å². The van der Waals surface area contributed by atoms with Gasteiger partial charge in [0.1, 0.15) is 41.1 Å². The lowest BCUT2D eigenvalue weighted by atomic mass is 10.1. The van der Waals surface area contributed by atoms with Crippen LogP contribution in [0.4, 0.5) is 21.6 Å². The molecular formula is C33H29FN8O2. The maximum absolute atomic E-state index is 13.4. The second-order valence-electron chi connectivity index (χ2n) is 10.6. The molecular weight excluding hydrogens is 559 g/mol. The van der Waals surface area contributed by atoms with E-state index in [1.54, 1.807) is 53.9 Å². The van der Waals surface area contributed by atoms with Crippen molar-refractivity contribution in [3.8, 4) is 16.9 Å². The van der Waals surface area contributed by atoms with E-state index < -0.39 is 0 Å². The Morgan fingerprint density at radius 1 is 1.00 bits per heavy atom. The Kier molecular flexibility index (Phi) is 7.29. The number of hydrogen-bond acceptors (Lipinski definition) is 7. The first-order valence-electron chi connectivity index (χ1n) is 14.4. The number of carbonyl (C=O) groups is 1. The Hall–Kier alpha value is -5.42. The van der Waals surface area contributed by atoms with E-state index in [0.717, 1.165) is 42.7 Å². The van der Waals surface area contributed by atoms with E-state index in [9.17, 15) is 9.18 Å². The Morgan fingerprint density at radius 3 is 2.73 bits per heavy atom. The number of imidazole rings is 1. The molecule has 0 spiro atoms. The normalized spacial score (nSPS) is 14.9. The zero-order valence-corrected chi connectivity index (χ0v) is 23.9. The Bertz CT molecular complexity index is 1960. The largest absolute Gasteiger partial charge is 0.358 e. The minimum absolute atomic E-state index is 0.0952. The molecule has 11 heteroatoms. The fourth-order valence-electron chi connectivity index (χ4n) is 5.45. The summed E-state index contributed by atoms with van der Waals surface area (Å²) in [7, 11) is 0. The molecule has 1 unspecified atom stereocenters. The van der Waals surface area contributed by atoms with Crippen molar-refractivity contribution in [2.24, 2.45) is 0 Å². The number of nitrogens with zero attached hydrogens (tertiary/aromatic N) is 6. The lowest BCUT2D eigenvalue weighted by Crippen LogP contribution is -2.17. The third-order valence-corrected chi connectivity index (χ3v) is 7.72. The first-order chi connectivity index (χ1) is 21.5. The van der Waals surface area contributed by atoms with Crippen LogP contribution < -0.4 is 10.6 Å². The molecule has 1 aliphatic rings. The van der Waals surface area contributed by atoms with Crippen LogP contribution in [-0.4, -0.2) is 41.6 Å². The van der Waals surface area contributed by atoms with Crippen LogP contribution in [0.2, 0.25) is 0 Å². The molecule has 220 valence electrons. The molecule has 0 aliphatic carbocycles. The summed E-state index contributed by atoms with van der Waals surface area (Å²) in [4.78, 5) is 31.7. The molecule has 1 amide bonds. The highest BCUT2D eigenvalue weighted by Crippen LogP contribution is 2.34. The van der Waals surface area contributed by atoms with E-state index in [0.29, 0.717) is 39.7 Å². The topological polar surface area (TPSA) is 112 Å². The lowest BCUT2D eigenvalue weighted by molar-refractivity contribution is -0.0298. The van der Waals surface area contributed by atoms with Gasteiger partial charge >= 0.3 is 0 Å². The molecule has 6 aromatic rings. The molecule has 10 nitrogen and oxygen atoms in total. The number of amides is 1. The quantitative estimate of drug-likeness (QED) is 0.210. The van der Waals surface area contributed by atoms with E-state index >= 15 is 0 Å². The van der Waals surface area contributed by atoms with Crippen molar-refractivity contribution in [1.82, 2.24) is 29.1 Å². The summed E-state index contributed by atoms with van der Waals surface area (Å²) in [6.45, 7) is 2.70. The van der Waals surface area contributed by atoms with Gasteiger partial charge in [0.15, 0.2) is 5.65 Å². The fourth-order valence-corrected chi connectivity index (χ4v) is 5.45. The third kappa shape index (κ3) is 5.29. The number of benzene rings is 2. The molecule has 1 saturated heterocycles. The molecule has 1 fully saturated rings. The monoisotopic (exact) mass is 588 g/mol. The van der Waals surface area contributed by atoms with Gasteiger partial charge in [-0.05, 0) is 92.4 Å². The summed E-state index contributed by atoms with van der Waals surface area (Å²) in [5.74, 6) is -0.0446. The van der Waals surface area contributed by atoms with Gasteiger partial charge in [-0.15, -0.1) is 0 Å². The Labute approximate surface area is 252 Å². The zero-order valence-electron chi connectivity index (χ0n) is 23.9. The molecule has 0 radical (unpaired) electrons. The van der Waals surface area contributed by atoms with Crippen LogP contribution in [0.5, 0.6) is 0 Å². The Balaban J connectivity index is 1.16. The summed E-state index contributed by atoms with van der Waals surface area (Å²) in [6, 6.07) is 18.9. The molecule has 0 saturated carbocycles. The van der Waals surface area contributed by atoms with Crippen LogP contribution in [-0.2, 0) is 4.74 Å². The highest BCUT2D eigenvalue weighted by Gasteiger charge is 2.22. The second kappa shape index (κ2) is 11.7. The van der Waals surface area contributed by atoms with Gasteiger partial charge in [-0.2, -0.15) is 0 Å². The predicted octanol–water partition coefficient (Wildman–Crippen LogP) is 6.82. The number of aryl methyl sites for hydroxylation is 1. The number of carbonyl (C=O) groups excluding carboxylic acids is 1. The molecule has 2 N–H and O–H groups in total. The average Bonchev–Trinajstić information content (AvgIpc) is 3.72. The first-order valence-corrected chi connectivity index (χ1v) is 14.4. The highest BCUT2D eigenvalue weighted by atomic mass is 19.1. The van der Waals surface area contributed by atoms with Crippen LogP contribution >= 0.6 is 0 Å². The van der Waals surface area contributed by atoms with E-state index in [1.807, 2.05) is 41.8 Å². The average molecular weight is 589 g/mol. The van der Waals surface area contributed by atoms with Gasteiger partial charge in [-0.1, -0.05) is 6.07 Å². The van der Waals surface area contributed by atoms with Crippen molar-refractivity contribution < 1.29 is 13.9 Å². The number of nitrogens with one attached hydrogen (secondary N) is 2. The number of fused-ring (bicyclic) bond motifs is 1. The van der Waals surface area contributed by atoms with E-state index in [4.69, 9.17) is 4.74 Å². The summed E-state index contributed by atoms with van der Waals surface area (Å²) >= 11 is 0. The summed E-state index contributed by atoms with van der Waals surface area (Å²) in [5.41, 5.74) is 6.23. The minimum Gasteiger partial charge on any atom is -0.358 e. The number of hydrogen-bond donors (Lipinski definition) is 2. The van der Waals surface area contributed by atoms with Gasteiger partial charge in [0.05, 0.1) is 6.33 Å². The van der Waals surface area contributed by atoms with Crippen molar-refractivity contribution in [3.63, 3.8) is 0 Å². The van der Waals surface area contributed by atoms with Gasteiger partial charge in [-0.25, -0.2) is 24.3 Å². The van der Waals surface area contributed by atoms with Crippen molar-refractivity contribution in [1.29, 1.82) is 0 Å². The fraction of sp³-hybridized carbons (Fsp3) is 0.182. The molecule has 1 aliphatic heterocycles. The van der Waals surface area contributed by atoms with Crippen LogP contribution in [0.1, 0.15) is 41.5 Å². The highest BCUT2D eigenvalue weighted by molar-refractivity contribution is 6.04. The van der Waals surface area contributed by atoms with Crippen molar-refractivity contribution in [2.45, 2.75) is 32.4 Å². The Morgan fingerprint density at radius 2 is 1.89 bits per heavy atom. The molecule has 2 aromatic carbocycles. The van der Waals surface area contributed by atoms with E-state index in [1.165, 1.54) is 12.1 Å². The minimum atomic E-state index is -0.337. The van der Waals surface area contributed by atoms with Crippen LogP contribution in [0.15, 0.2) is 91.8 Å². The molecule has 4 aromatic heterocycles. The SMILES string of the molecule is Cc1ccc(NC(=O)c2cccn2-c2ccc(F)cc2)cc1Nc1ncccc1-c1ncnc2c1ncn2C1CCCCO1. The van der Waals surface area contributed by atoms with Crippen LogP contribution in [0.25, 0.3) is 28.1 Å². The summed E-state index contributed by atoms with van der Waals surface area (Å²) < 4.78 is 23.1. The van der Waals surface area contributed by atoms with Gasteiger partial charge in [0.25, 0.3) is 5.91 Å². The number of halogens is 1. The number of aromatic nitrogens is 6. The van der Waals surface area contributed by atoms with Crippen LogP contribution in [0, 0.1) is 12.7 Å². The van der Waals surface area contributed by atoms with E-state index in [-0.39, 0.29) is 18.0 Å². The summed E-state index contributed by atoms with van der Waals surface area (Å²) in [5, 5.41) is 6.43. The van der Waals surface area contributed by atoms with Gasteiger partial charge in [-0.3, -0.25) is 9.36 Å². The lowest BCUT2D eigenvalue weighted by Gasteiger charge is -2.23. The molecule has 7 rings (SSSR count). The number of pyridine rings is 1. The molecule has 44 heavy (non-hydrogen) atoms. The maximum atomic E-state index is 13.4. The maximum Gasteiger partial charge on any atom is 0.272 e. The summed E-state index contributed by atoms with van der Waals surface area (Å²) in [6.07, 6.45) is 9.76. The van der Waals surface area contributed by atoms with Crippen molar-refractivity contribution >= 4 is 34.3 Å². The van der Waals surface area contributed by atoms with Gasteiger partial charge < -0.3 is 19.9 Å². The smallest absolute Gasteiger partial charge is 0.272 e. The van der Waals surface area contributed by atoms with Crippen molar-refractivity contribution in [2.75, 3.05) is 17.2 Å². The number of rotatable bonds is 7. The third-order valence-electron chi connectivity index (χ3n) is 7.72. The van der Waals surface area contributed by atoms with Gasteiger partial charge in [0.2, 0.25) is 0 Å². The van der Waals surface area contributed by atoms with Crippen molar-refractivity contribution in [3.05, 3.63) is 109 Å². The number of ether oxygens (including phenoxy) is 1. The predicted molar refractivity (Wildman–Crippen MR) is 166 cm³/mol. The standard InChI is InChI=1S/C33H29FN8O2/c1-21-9-12-23(39-33(43)27-7-5-16-41(27)24-13-10-22(34)11-14-24)18-26(21)40-31-25(6-4-15-35-31)29-30-32(37-19-36-29)42(20-38-30)28-8-2-3-17-44-28/h4-7,9-16,18-20,28H,2-3,8,17H2,1H3,(H,35,40)(H,39,43). The zero-order chi connectivity index (χ0) is 30.0. The molecule has 5 heterocycles. The second-order valence-corrected chi connectivity index (χ2v) is 10.6.